The van der Waals surface area contributed by atoms with E-state index in [2.05, 4.69) is 14.5 Å². The minimum Gasteiger partial charge on any atom is -0.481 e. The minimum absolute atomic E-state index is 0.259. The zero-order valence-electron chi connectivity index (χ0n) is 10.4. The Morgan fingerprint density at radius 2 is 2.00 bits per heavy atom. The topological polar surface area (TPSA) is 48.4 Å². The Morgan fingerprint density at radius 3 is 2.40 bits per heavy atom. The first kappa shape index (κ1) is 16.1. The molecular formula is C11H10F5NO3. The van der Waals surface area contributed by atoms with Crippen molar-refractivity contribution in [3.8, 4) is 5.88 Å². The lowest BCUT2D eigenvalue weighted by Crippen LogP contribution is -2.20. The van der Waals surface area contributed by atoms with Crippen LogP contribution in [-0.2, 0) is 10.9 Å². The number of rotatable bonds is 4. The van der Waals surface area contributed by atoms with E-state index in [9.17, 15) is 26.7 Å². The predicted molar refractivity (Wildman–Crippen MR) is 56.7 cm³/mol. The quantitative estimate of drug-likeness (QED) is 0.632. The van der Waals surface area contributed by atoms with Crippen molar-refractivity contribution in [2.45, 2.75) is 19.5 Å². The first-order chi connectivity index (χ1) is 9.22. The Morgan fingerprint density at radius 1 is 1.40 bits per heavy atom. The number of nitrogens with zero attached hydrogens (tertiary/aromatic N) is 1. The summed E-state index contributed by atoms with van der Waals surface area (Å²) in [5.41, 5.74) is -4.19. The van der Waals surface area contributed by atoms with Crippen LogP contribution in [0.5, 0.6) is 5.88 Å². The Hall–Kier alpha value is -1.93. The van der Waals surface area contributed by atoms with Crippen molar-refractivity contribution in [1.29, 1.82) is 0 Å². The average Bonchev–Trinajstić information content (AvgIpc) is 2.36. The van der Waals surface area contributed by atoms with Crippen LogP contribution in [0.3, 0.4) is 0 Å². The van der Waals surface area contributed by atoms with E-state index in [0.29, 0.717) is 6.07 Å². The van der Waals surface area contributed by atoms with Crippen molar-refractivity contribution in [3.05, 3.63) is 22.9 Å². The molecule has 1 aromatic heterocycles. The van der Waals surface area contributed by atoms with Crippen LogP contribution in [0.4, 0.5) is 22.0 Å². The van der Waals surface area contributed by atoms with Crippen LogP contribution in [0.15, 0.2) is 6.07 Å². The maximum atomic E-state index is 12.9. The predicted octanol–water partition coefficient (Wildman–Crippen LogP) is 3.22. The highest BCUT2D eigenvalue weighted by atomic mass is 19.4. The van der Waals surface area contributed by atoms with Gasteiger partial charge in [0.25, 0.3) is 6.43 Å². The molecule has 9 heteroatoms. The third-order valence-electron chi connectivity index (χ3n) is 2.22. The lowest BCUT2D eigenvalue weighted by molar-refractivity contribution is -0.142. The summed E-state index contributed by atoms with van der Waals surface area (Å²) in [6.45, 7) is 1.08. The van der Waals surface area contributed by atoms with Crippen LogP contribution in [0.2, 0.25) is 0 Å². The largest absolute Gasteiger partial charge is 0.481 e. The van der Waals surface area contributed by atoms with Crippen molar-refractivity contribution >= 4 is 5.97 Å². The van der Waals surface area contributed by atoms with Gasteiger partial charge in [-0.15, -0.1) is 0 Å². The lowest BCUT2D eigenvalue weighted by atomic mass is 10.1. The van der Waals surface area contributed by atoms with E-state index in [-0.39, 0.29) is 6.61 Å². The van der Waals surface area contributed by atoms with E-state index in [1.54, 1.807) is 0 Å². The molecule has 20 heavy (non-hydrogen) atoms. The summed E-state index contributed by atoms with van der Waals surface area (Å²) in [7, 11) is 0.974. The van der Waals surface area contributed by atoms with Gasteiger partial charge >= 0.3 is 12.1 Å². The Balaban J connectivity index is 3.60. The molecule has 0 unspecified atom stereocenters. The minimum atomic E-state index is -5.10. The molecule has 1 heterocycles. The molecule has 0 atom stereocenters. The summed E-state index contributed by atoms with van der Waals surface area (Å²) >= 11 is 0. The Bertz CT molecular complexity index is 502. The fourth-order valence-electron chi connectivity index (χ4n) is 1.44. The molecule has 0 radical (unpaired) electrons. The van der Waals surface area contributed by atoms with Gasteiger partial charge in [0.15, 0.2) is 5.69 Å². The highest BCUT2D eigenvalue weighted by molar-refractivity contribution is 5.92. The molecular weight excluding hydrogens is 289 g/mol. The van der Waals surface area contributed by atoms with Gasteiger partial charge in [-0.2, -0.15) is 13.2 Å². The number of pyridine rings is 1. The molecule has 112 valence electrons. The van der Waals surface area contributed by atoms with Crippen molar-refractivity contribution in [3.63, 3.8) is 0 Å². The van der Waals surface area contributed by atoms with Crippen LogP contribution in [0.1, 0.15) is 35.0 Å². The second-order valence-corrected chi connectivity index (χ2v) is 3.50. The molecule has 0 bridgehead atoms. The molecule has 0 spiro atoms. The molecule has 0 aromatic carbocycles. The summed E-state index contributed by atoms with van der Waals surface area (Å²) < 4.78 is 73.0. The van der Waals surface area contributed by atoms with E-state index < -0.39 is 41.3 Å². The summed E-state index contributed by atoms with van der Waals surface area (Å²) in [6, 6.07) is 0.576. The number of hydrogen-bond acceptors (Lipinski definition) is 4. The van der Waals surface area contributed by atoms with Gasteiger partial charge in [0.05, 0.1) is 19.3 Å². The number of halogens is 5. The van der Waals surface area contributed by atoms with Gasteiger partial charge in [0.1, 0.15) is 0 Å². The van der Waals surface area contributed by atoms with Crippen molar-refractivity contribution in [2.75, 3.05) is 13.7 Å². The van der Waals surface area contributed by atoms with Crippen LogP contribution in [0.25, 0.3) is 0 Å². The monoisotopic (exact) mass is 299 g/mol. The smallest absolute Gasteiger partial charge is 0.434 e. The van der Waals surface area contributed by atoms with Crippen molar-refractivity contribution in [2.24, 2.45) is 0 Å². The number of alkyl halides is 5. The number of hydrogen-bond donors (Lipinski definition) is 0. The third kappa shape index (κ3) is 3.34. The second-order valence-electron chi connectivity index (χ2n) is 3.50. The van der Waals surface area contributed by atoms with Crippen LogP contribution >= 0.6 is 0 Å². The van der Waals surface area contributed by atoms with Crippen LogP contribution in [0, 0.1) is 0 Å². The molecule has 0 fully saturated rings. The third-order valence-corrected chi connectivity index (χ3v) is 2.22. The number of aromatic nitrogens is 1. The van der Waals surface area contributed by atoms with Gasteiger partial charge in [-0.25, -0.2) is 18.6 Å². The molecule has 1 aromatic rings. The van der Waals surface area contributed by atoms with Gasteiger partial charge in [-0.05, 0) is 6.92 Å². The number of carbonyl (C=O) groups excluding carboxylic acids is 1. The van der Waals surface area contributed by atoms with E-state index in [0.717, 1.165) is 7.11 Å². The number of carbonyl (C=O) groups is 1. The van der Waals surface area contributed by atoms with E-state index >= 15 is 0 Å². The average molecular weight is 299 g/mol. The van der Waals surface area contributed by atoms with E-state index in [4.69, 9.17) is 0 Å². The maximum absolute atomic E-state index is 12.9. The second kappa shape index (κ2) is 6.02. The van der Waals surface area contributed by atoms with Gasteiger partial charge < -0.3 is 9.47 Å². The van der Waals surface area contributed by atoms with Crippen molar-refractivity contribution < 1.29 is 36.2 Å². The molecule has 0 amide bonds. The number of methoxy groups -OCH3 is 1. The molecule has 0 saturated heterocycles. The zero-order valence-corrected chi connectivity index (χ0v) is 10.4. The SMILES string of the molecule is CCOC(=O)c1c(C(F)F)cc(OC)nc1C(F)(F)F. The molecule has 0 N–H and O–H groups in total. The lowest BCUT2D eigenvalue weighted by Gasteiger charge is -2.16. The van der Waals surface area contributed by atoms with Crippen LogP contribution in [-0.4, -0.2) is 24.7 Å². The molecule has 0 aliphatic rings. The molecule has 0 aliphatic heterocycles. The standard InChI is InChI=1S/C11H10F5NO3/c1-3-20-10(18)7-5(9(12)13)4-6(19-2)17-8(7)11(14,15)16/h4,9H,3H2,1-2H3. The summed E-state index contributed by atoms with van der Waals surface area (Å²) in [4.78, 5) is 14.5. The highest BCUT2D eigenvalue weighted by Gasteiger charge is 2.41. The number of esters is 1. The van der Waals surface area contributed by atoms with Gasteiger partial charge in [-0.3, -0.25) is 0 Å². The Labute approximate surface area is 110 Å². The fraction of sp³-hybridized carbons (Fsp3) is 0.455. The maximum Gasteiger partial charge on any atom is 0.434 e. The van der Waals surface area contributed by atoms with Crippen LogP contribution < -0.4 is 4.74 Å². The van der Waals surface area contributed by atoms with Gasteiger partial charge in [0, 0.05) is 11.6 Å². The molecule has 0 saturated carbocycles. The zero-order chi connectivity index (χ0) is 15.5. The fourth-order valence-corrected chi connectivity index (χ4v) is 1.44. The first-order valence-electron chi connectivity index (χ1n) is 5.33. The van der Waals surface area contributed by atoms with Gasteiger partial charge in [-0.1, -0.05) is 0 Å². The highest BCUT2D eigenvalue weighted by Crippen LogP contribution is 2.37. The summed E-state index contributed by atoms with van der Waals surface area (Å²) in [6.07, 6.45) is -8.41. The summed E-state index contributed by atoms with van der Waals surface area (Å²) in [5, 5.41) is 0. The normalized spacial score (nSPS) is 11.6. The Kier molecular flexibility index (Phi) is 4.85. The first-order valence-corrected chi connectivity index (χ1v) is 5.33. The number of ether oxygens (including phenoxy) is 2. The van der Waals surface area contributed by atoms with E-state index in [1.165, 1.54) is 6.92 Å². The van der Waals surface area contributed by atoms with E-state index in [1.807, 2.05) is 0 Å². The van der Waals surface area contributed by atoms with Gasteiger partial charge in [0.2, 0.25) is 5.88 Å². The summed E-state index contributed by atoms with van der Waals surface area (Å²) in [5.74, 6) is -2.18. The van der Waals surface area contributed by atoms with Crippen molar-refractivity contribution in [1.82, 2.24) is 4.98 Å². The molecule has 1 rings (SSSR count). The molecule has 0 aliphatic carbocycles. The molecule has 4 nitrogen and oxygen atoms in total.